The second kappa shape index (κ2) is 4.07. The molecule has 0 saturated heterocycles. The van der Waals surface area contributed by atoms with E-state index in [1.54, 1.807) is 17.5 Å². The second-order valence-electron chi connectivity index (χ2n) is 2.97. The summed E-state index contributed by atoms with van der Waals surface area (Å²) in [5.41, 5.74) is 3.21. The van der Waals surface area contributed by atoms with Crippen LogP contribution in [0.5, 0.6) is 0 Å². The third-order valence-corrected chi connectivity index (χ3v) is 3.16. The second-order valence-corrected chi connectivity index (χ2v) is 4.09. The lowest BCUT2D eigenvalue weighted by Crippen LogP contribution is -1.84. The van der Waals surface area contributed by atoms with Crippen molar-refractivity contribution in [3.63, 3.8) is 0 Å². The average Bonchev–Trinajstić information content (AvgIpc) is 2.67. The van der Waals surface area contributed by atoms with Crippen LogP contribution in [-0.2, 0) is 5.88 Å². The van der Waals surface area contributed by atoms with Gasteiger partial charge in [0.05, 0.1) is 11.6 Å². The quantitative estimate of drug-likeness (QED) is 0.732. The van der Waals surface area contributed by atoms with Crippen molar-refractivity contribution in [1.29, 1.82) is 0 Å². The minimum Gasteiger partial charge on any atom is -0.264 e. The summed E-state index contributed by atoms with van der Waals surface area (Å²) >= 11 is 7.30. The molecule has 2 aromatic rings. The van der Waals surface area contributed by atoms with Gasteiger partial charge in [-0.25, -0.2) is 4.98 Å². The third-order valence-electron chi connectivity index (χ3n) is 1.96. The van der Waals surface area contributed by atoms with Gasteiger partial charge in [0.1, 0.15) is 5.01 Å². The van der Waals surface area contributed by atoms with Crippen molar-refractivity contribution in [1.82, 2.24) is 9.97 Å². The maximum atomic E-state index is 5.70. The Hall–Kier alpha value is -0.930. The molecule has 0 amide bonds. The number of rotatable bonds is 2. The van der Waals surface area contributed by atoms with E-state index >= 15 is 0 Å². The van der Waals surface area contributed by atoms with Gasteiger partial charge in [-0.15, -0.1) is 22.9 Å². The maximum absolute atomic E-state index is 5.70. The summed E-state index contributed by atoms with van der Waals surface area (Å²) in [5.74, 6) is 0.468. The first-order valence-electron chi connectivity index (χ1n) is 4.22. The fourth-order valence-electron chi connectivity index (χ4n) is 1.18. The molecule has 0 atom stereocenters. The Morgan fingerprint density at radius 1 is 1.50 bits per heavy atom. The predicted octanol–water partition coefficient (Wildman–Crippen LogP) is 3.25. The van der Waals surface area contributed by atoms with Gasteiger partial charge >= 0.3 is 0 Å². The molecule has 14 heavy (non-hydrogen) atoms. The summed E-state index contributed by atoms with van der Waals surface area (Å²) in [7, 11) is 0. The maximum Gasteiger partial charge on any atom is 0.125 e. The van der Waals surface area contributed by atoms with E-state index in [1.807, 2.05) is 17.6 Å². The van der Waals surface area contributed by atoms with Crippen LogP contribution in [0.2, 0.25) is 0 Å². The molecule has 0 bridgehead atoms. The molecule has 0 aliphatic heterocycles. The van der Waals surface area contributed by atoms with E-state index in [0.29, 0.717) is 5.88 Å². The topological polar surface area (TPSA) is 25.8 Å². The Morgan fingerprint density at radius 3 is 3.00 bits per heavy atom. The van der Waals surface area contributed by atoms with E-state index in [-0.39, 0.29) is 0 Å². The Kier molecular flexibility index (Phi) is 2.79. The fraction of sp³-hybridized carbons (Fsp3) is 0.200. The molecular weight excluding hydrogens is 216 g/mol. The number of pyridine rings is 1. The van der Waals surface area contributed by atoms with Crippen molar-refractivity contribution in [3.05, 3.63) is 35.1 Å². The number of thiazole rings is 1. The predicted molar refractivity (Wildman–Crippen MR) is 59.6 cm³/mol. The van der Waals surface area contributed by atoms with E-state index in [2.05, 4.69) is 16.9 Å². The lowest BCUT2D eigenvalue weighted by atomic mass is 10.2. The summed E-state index contributed by atoms with van der Waals surface area (Å²) < 4.78 is 0. The summed E-state index contributed by atoms with van der Waals surface area (Å²) in [5, 5.41) is 2.97. The van der Waals surface area contributed by atoms with Gasteiger partial charge in [-0.1, -0.05) is 0 Å². The molecule has 0 N–H and O–H groups in total. The van der Waals surface area contributed by atoms with E-state index in [9.17, 15) is 0 Å². The van der Waals surface area contributed by atoms with Crippen molar-refractivity contribution in [2.75, 3.05) is 0 Å². The smallest absolute Gasteiger partial charge is 0.125 e. The molecule has 72 valence electrons. The monoisotopic (exact) mass is 224 g/mol. The van der Waals surface area contributed by atoms with Gasteiger partial charge in [-0.05, 0) is 18.6 Å². The molecule has 0 aliphatic rings. The number of aromatic nitrogens is 2. The zero-order valence-corrected chi connectivity index (χ0v) is 9.27. The number of nitrogens with zero attached hydrogens (tertiary/aromatic N) is 2. The number of hydrogen-bond acceptors (Lipinski definition) is 3. The molecule has 0 aromatic carbocycles. The Balaban J connectivity index is 2.44. The zero-order valence-electron chi connectivity index (χ0n) is 7.70. The summed E-state index contributed by atoms with van der Waals surface area (Å²) in [6.07, 6.45) is 3.63. The first kappa shape index (κ1) is 9.62. The lowest BCUT2D eigenvalue weighted by Gasteiger charge is -1.99. The van der Waals surface area contributed by atoms with E-state index in [0.717, 1.165) is 16.3 Å². The minimum atomic E-state index is 0.468. The number of halogens is 1. The normalized spacial score (nSPS) is 10.4. The SMILES string of the molecule is Cc1ccncc1-c1nc(CCl)cs1. The molecule has 0 spiro atoms. The molecule has 2 aromatic heterocycles. The van der Waals surface area contributed by atoms with E-state index < -0.39 is 0 Å². The van der Waals surface area contributed by atoms with Gasteiger partial charge in [0, 0.05) is 23.3 Å². The molecule has 0 saturated carbocycles. The highest BCUT2D eigenvalue weighted by Crippen LogP contribution is 2.26. The average molecular weight is 225 g/mol. The lowest BCUT2D eigenvalue weighted by molar-refractivity contribution is 1.21. The van der Waals surface area contributed by atoms with Crippen LogP contribution in [0.15, 0.2) is 23.8 Å². The number of aryl methyl sites for hydroxylation is 1. The highest BCUT2D eigenvalue weighted by atomic mass is 35.5. The van der Waals surface area contributed by atoms with Gasteiger partial charge in [-0.3, -0.25) is 4.98 Å². The Bertz CT molecular complexity index is 439. The van der Waals surface area contributed by atoms with Crippen LogP contribution in [0.3, 0.4) is 0 Å². The van der Waals surface area contributed by atoms with Gasteiger partial charge in [0.2, 0.25) is 0 Å². The fourth-order valence-corrected chi connectivity index (χ4v) is 2.30. The van der Waals surface area contributed by atoms with Crippen molar-refractivity contribution < 1.29 is 0 Å². The van der Waals surface area contributed by atoms with Crippen molar-refractivity contribution in [2.24, 2.45) is 0 Å². The largest absolute Gasteiger partial charge is 0.264 e. The van der Waals surface area contributed by atoms with Gasteiger partial charge in [0.25, 0.3) is 0 Å². The molecule has 0 radical (unpaired) electrons. The number of hydrogen-bond donors (Lipinski definition) is 0. The summed E-state index contributed by atoms with van der Waals surface area (Å²) in [6, 6.07) is 1.98. The van der Waals surface area contributed by atoms with Gasteiger partial charge in [0.15, 0.2) is 0 Å². The molecule has 2 heterocycles. The standard InChI is InChI=1S/C10H9ClN2S/c1-7-2-3-12-5-9(7)10-13-8(4-11)6-14-10/h2-3,5-6H,4H2,1H3. The van der Waals surface area contributed by atoms with Crippen LogP contribution in [0.25, 0.3) is 10.6 Å². The van der Waals surface area contributed by atoms with Gasteiger partial charge < -0.3 is 0 Å². The third kappa shape index (κ3) is 1.79. The molecule has 2 nitrogen and oxygen atoms in total. The van der Waals surface area contributed by atoms with Crippen LogP contribution < -0.4 is 0 Å². The highest BCUT2D eigenvalue weighted by Gasteiger charge is 2.06. The first-order valence-corrected chi connectivity index (χ1v) is 5.64. The zero-order chi connectivity index (χ0) is 9.97. The van der Waals surface area contributed by atoms with Crippen LogP contribution >= 0.6 is 22.9 Å². The molecule has 0 aliphatic carbocycles. The molecule has 0 fully saturated rings. The van der Waals surface area contributed by atoms with Gasteiger partial charge in [-0.2, -0.15) is 0 Å². The van der Waals surface area contributed by atoms with Crippen LogP contribution in [0.1, 0.15) is 11.3 Å². The van der Waals surface area contributed by atoms with E-state index in [4.69, 9.17) is 11.6 Å². The van der Waals surface area contributed by atoms with Crippen molar-refractivity contribution in [3.8, 4) is 10.6 Å². The minimum absolute atomic E-state index is 0.468. The number of alkyl halides is 1. The van der Waals surface area contributed by atoms with Crippen molar-refractivity contribution in [2.45, 2.75) is 12.8 Å². The molecular formula is C10H9ClN2S. The molecule has 0 unspecified atom stereocenters. The van der Waals surface area contributed by atoms with Crippen LogP contribution in [0, 0.1) is 6.92 Å². The van der Waals surface area contributed by atoms with Crippen molar-refractivity contribution >= 4 is 22.9 Å². The molecule has 2 rings (SSSR count). The van der Waals surface area contributed by atoms with Crippen LogP contribution in [-0.4, -0.2) is 9.97 Å². The summed E-state index contributed by atoms with van der Waals surface area (Å²) in [4.78, 5) is 8.50. The first-order chi connectivity index (χ1) is 6.81. The Morgan fingerprint density at radius 2 is 2.36 bits per heavy atom. The highest BCUT2D eigenvalue weighted by molar-refractivity contribution is 7.13. The molecule has 4 heteroatoms. The van der Waals surface area contributed by atoms with E-state index in [1.165, 1.54) is 5.56 Å². The van der Waals surface area contributed by atoms with Crippen LogP contribution in [0.4, 0.5) is 0 Å². The Labute approximate surface area is 91.6 Å². The summed E-state index contributed by atoms with van der Waals surface area (Å²) in [6.45, 7) is 2.05.